The third-order valence-corrected chi connectivity index (χ3v) is 4.04. The highest BCUT2D eigenvalue weighted by Crippen LogP contribution is 2.40. The van der Waals surface area contributed by atoms with Crippen LogP contribution in [-0.2, 0) is 17.8 Å². The predicted octanol–water partition coefficient (Wildman–Crippen LogP) is 3.62. The Labute approximate surface area is 120 Å². The Balaban J connectivity index is 2.08. The summed E-state index contributed by atoms with van der Waals surface area (Å²) in [5.41, 5.74) is 2.98. The van der Waals surface area contributed by atoms with Crippen molar-refractivity contribution in [3.63, 3.8) is 0 Å². The summed E-state index contributed by atoms with van der Waals surface area (Å²) >= 11 is 0. The average Bonchev–Trinajstić information content (AvgIpc) is 3.02. The van der Waals surface area contributed by atoms with E-state index in [0.29, 0.717) is 25.1 Å². The van der Waals surface area contributed by atoms with Gasteiger partial charge in [-0.1, -0.05) is 24.3 Å². The normalized spacial score (nSPS) is 13.9. The summed E-state index contributed by atoms with van der Waals surface area (Å²) in [5.74, 6) is 0.464. The molecule has 1 aliphatic rings. The second-order valence-electron chi connectivity index (χ2n) is 5.31. The van der Waals surface area contributed by atoms with Gasteiger partial charge in [0.2, 0.25) is 0 Å². The molecule has 4 rings (SSSR count). The number of nitrogens with zero attached hydrogens (tertiary/aromatic N) is 1. The molecule has 1 aliphatic heterocycles. The second-order valence-corrected chi connectivity index (χ2v) is 5.31. The number of alkyl halides is 1. The van der Waals surface area contributed by atoms with E-state index in [-0.39, 0.29) is 12.6 Å². The Hall–Kier alpha value is -2.36. The molecule has 2 aromatic carbocycles. The first-order valence-corrected chi connectivity index (χ1v) is 7.09. The van der Waals surface area contributed by atoms with E-state index in [1.807, 2.05) is 36.4 Å². The Morgan fingerprint density at radius 3 is 2.86 bits per heavy atom. The van der Waals surface area contributed by atoms with Crippen LogP contribution in [0.25, 0.3) is 21.8 Å². The number of halogens is 1. The largest absolute Gasteiger partial charge is 0.425 e. The predicted molar refractivity (Wildman–Crippen MR) is 79.4 cm³/mol. The molecule has 0 saturated carbocycles. The fourth-order valence-corrected chi connectivity index (χ4v) is 3.17. The van der Waals surface area contributed by atoms with Gasteiger partial charge in [-0.05, 0) is 18.6 Å². The van der Waals surface area contributed by atoms with Crippen LogP contribution in [0.5, 0.6) is 5.75 Å². The maximum atomic E-state index is 12.6. The van der Waals surface area contributed by atoms with Crippen LogP contribution in [0, 0.1) is 0 Å². The Morgan fingerprint density at radius 2 is 2.00 bits per heavy atom. The van der Waals surface area contributed by atoms with Gasteiger partial charge >= 0.3 is 5.97 Å². The molecule has 0 unspecified atom stereocenters. The molecule has 0 aliphatic carbocycles. The number of fused-ring (bicyclic) bond motifs is 5. The number of aromatic nitrogens is 1. The molecule has 0 radical (unpaired) electrons. The maximum absolute atomic E-state index is 12.6. The molecule has 1 aromatic heterocycles. The molecule has 0 saturated heterocycles. The van der Waals surface area contributed by atoms with Crippen molar-refractivity contribution in [1.29, 1.82) is 0 Å². The fraction of sp³-hybridized carbons (Fsp3) is 0.235. The lowest BCUT2D eigenvalue weighted by molar-refractivity contribution is -0.131. The van der Waals surface area contributed by atoms with E-state index in [4.69, 9.17) is 4.74 Å². The van der Waals surface area contributed by atoms with E-state index in [9.17, 15) is 9.18 Å². The number of rotatable bonds is 3. The van der Waals surface area contributed by atoms with Crippen LogP contribution >= 0.6 is 0 Å². The maximum Gasteiger partial charge on any atom is 0.315 e. The van der Waals surface area contributed by atoms with Gasteiger partial charge in [0.25, 0.3) is 0 Å². The Bertz CT molecular complexity index is 866. The summed E-state index contributed by atoms with van der Waals surface area (Å²) in [7, 11) is 0. The van der Waals surface area contributed by atoms with E-state index in [1.54, 1.807) is 0 Å². The molecule has 0 amide bonds. The summed E-state index contributed by atoms with van der Waals surface area (Å²) in [6.07, 6.45) is 0.805. The van der Waals surface area contributed by atoms with Gasteiger partial charge in [-0.25, -0.2) is 0 Å². The van der Waals surface area contributed by atoms with E-state index < -0.39 is 0 Å². The first kappa shape index (κ1) is 12.4. The van der Waals surface area contributed by atoms with Crippen LogP contribution < -0.4 is 4.74 Å². The van der Waals surface area contributed by atoms with Gasteiger partial charge < -0.3 is 9.30 Å². The average molecular weight is 283 g/mol. The lowest BCUT2D eigenvalue weighted by Crippen LogP contribution is -2.00. The number of carbonyl (C=O) groups is 1. The number of benzene rings is 2. The minimum Gasteiger partial charge on any atom is -0.425 e. The first-order valence-electron chi connectivity index (χ1n) is 7.09. The third-order valence-electron chi connectivity index (χ3n) is 4.04. The van der Waals surface area contributed by atoms with Crippen LogP contribution in [0.1, 0.15) is 12.0 Å². The monoisotopic (exact) mass is 283 g/mol. The number of hydrogen-bond acceptors (Lipinski definition) is 2. The van der Waals surface area contributed by atoms with Gasteiger partial charge in [-0.15, -0.1) is 0 Å². The van der Waals surface area contributed by atoms with E-state index >= 15 is 0 Å². The SMILES string of the molecule is O=C1Cc2ccc3c(c2O1)c1ccccc1n3CCCF. The number of carbonyl (C=O) groups excluding carboxylic acids is 1. The first-order chi connectivity index (χ1) is 10.3. The molecule has 0 fully saturated rings. The van der Waals surface area contributed by atoms with Crippen LogP contribution in [0.15, 0.2) is 36.4 Å². The van der Waals surface area contributed by atoms with E-state index in [1.165, 1.54) is 0 Å². The van der Waals surface area contributed by atoms with Gasteiger partial charge in [-0.3, -0.25) is 9.18 Å². The minimum atomic E-state index is -0.339. The lowest BCUT2D eigenvalue weighted by Gasteiger charge is -2.06. The molecule has 3 aromatic rings. The quantitative estimate of drug-likeness (QED) is 0.543. The summed E-state index contributed by atoms with van der Waals surface area (Å²) in [6, 6.07) is 11.9. The van der Waals surface area contributed by atoms with Crippen molar-refractivity contribution in [2.75, 3.05) is 6.67 Å². The topological polar surface area (TPSA) is 31.2 Å². The van der Waals surface area contributed by atoms with Crippen LogP contribution in [0.3, 0.4) is 0 Å². The number of esters is 1. The summed E-state index contributed by atoms with van der Waals surface area (Å²) in [5, 5.41) is 2.02. The molecule has 0 N–H and O–H groups in total. The molecule has 4 heteroatoms. The van der Waals surface area contributed by atoms with Crippen molar-refractivity contribution in [1.82, 2.24) is 4.57 Å². The van der Waals surface area contributed by atoms with Crippen molar-refractivity contribution in [2.24, 2.45) is 0 Å². The minimum absolute atomic E-state index is 0.210. The number of ether oxygens (including phenoxy) is 1. The van der Waals surface area contributed by atoms with Crippen molar-refractivity contribution in [2.45, 2.75) is 19.4 Å². The van der Waals surface area contributed by atoms with Gasteiger partial charge in [-0.2, -0.15) is 0 Å². The third kappa shape index (κ3) is 1.75. The number of hydrogen-bond donors (Lipinski definition) is 0. The zero-order chi connectivity index (χ0) is 14.4. The van der Waals surface area contributed by atoms with Crippen molar-refractivity contribution in [3.05, 3.63) is 42.0 Å². The summed E-state index contributed by atoms with van der Waals surface area (Å²) in [4.78, 5) is 11.6. The highest BCUT2D eigenvalue weighted by atomic mass is 19.1. The van der Waals surface area contributed by atoms with Crippen molar-refractivity contribution < 1.29 is 13.9 Å². The van der Waals surface area contributed by atoms with E-state index in [0.717, 1.165) is 27.4 Å². The van der Waals surface area contributed by atoms with Gasteiger partial charge in [0.1, 0.15) is 5.75 Å². The van der Waals surface area contributed by atoms with Gasteiger partial charge in [0, 0.05) is 23.0 Å². The van der Waals surface area contributed by atoms with Crippen LogP contribution in [-0.4, -0.2) is 17.2 Å². The van der Waals surface area contributed by atoms with Crippen molar-refractivity contribution in [3.8, 4) is 5.75 Å². The molecular formula is C17H14FNO2. The molecule has 0 spiro atoms. The number of aryl methyl sites for hydroxylation is 1. The molecule has 2 heterocycles. The molecular weight excluding hydrogens is 269 g/mol. The highest BCUT2D eigenvalue weighted by molar-refractivity contribution is 6.13. The molecule has 0 bridgehead atoms. The standard InChI is InChI=1S/C17H14FNO2/c18-8-3-9-19-13-5-2-1-4-12(13)16-14(19)7-6-11-10-15(20)21-17(11)16/h1-2,4-7H,3,8-10H2. The zero-order valence-electron chi connectivity index (χ0n) is 11.4. The zero-order valence-corrected chi connectivity index (χ0v) is 11.4. The highest BCUT2D eigenvalue weighted by Gasteiger charge is 2.25. The van der Waals surface area contributed by atoms with Gasteiger partial charge in [0.15, 0.2) is 0 Å². The fourth-order valence-electron chi connectivity index (χ4n) is 3.17. The summed E-state index contributed by atoms with van der Waals surface area (Å²) in [6.45, 7) is 0.279. The second kappa shape index (κ2) is 4.58. The van der Waals surface area contributed by atoms with Gasteiger partial charge in [0.05, 0.1) is 24.0 Å². The lowest BCUT2D eigenvalue weighted by atomic mass is 10.1. The van der Waals surface area contributed by atoms with Crippen LogP contribution in [0.4, 0.5) is 4.39 Å². The molecule has 0 atom stereocenters. The van der Waals surface area contributed by atoms with E-state index in [2.05, 4.69) is 4.57 Å². The summed E-state index contributed by atoms with van der Waals surface area (Å²) < 4.78 is 20.1. The van der Waals surface area contributed by atoms with Crippen molar-refractivity contribution >= 4 is 27.8 Å². The smallest absolute Gasteiger partial charge is 0.315 e. The van der Waals surface area contributed by atoms with Crippen LogP contribution in [0.2, 0.25) is 0 Å². The molecule has 21 heavy (non-hydrogen) atoms. The molecule has 3 nitrogen and oxygen atoms in total. The Kier molecular flexibility index (Phi) is 2.70. The number of para-hydroxylation sites is 1. The Morgan fingerprint density at radius 1 is 1.14 bits per heavy atom. The molecule has 106 valence electrons.